The van der Waals surface area contributed by atoms with Crippen molar-refractivity contribution in [3.8, 4) is 0 Å². The van der Waals surface area contributed by atoms with Gasteiger partial charge >= 0.3 is 0 Å². The summed E-state index contributed by atoms with van der Waals surface area (Å²) in [6.45, 7) is 5.40. The number of methoxy groups -OCH3 is 2. The van der Waals surface area contributed by atoms with Crippen molar-refractivity contribution in [2.45, 2.75) is 6.29 Å². The van der Waals surface area contributed by atoms with Crippen molar-refractivity contribution in [3.63, 3.8) is 0 Å². The maximum absolute atomic E-state index is 5.25. The molecule has 0 aliphatic carbocycles. The van der Waals surface area contributed by atoms with E-state index >= 15 is 0 Å². The van der Waals surface area contributed by atoms with Crippen LogP contribution in [0.4, 0.5) is 0 Å². The highest BCUT2D eigenvalue weighted by molar-refractivity contribution is 4.43. The monoisotopic (exact) mass is 177 g/mol. The van der Waals surface area contributed by atoms with E-state index in [1.54, 1.807) is 14.2 Å². The van der Waals surface area contributed by atoms with Gasteiger partial charge in [-0.3, -0.25) is 0 Å². The van der Waals surface area contributed by atoms with Crippen LogP contribution in [0, 0.1) is 6.92 Å². The lowest BCUT2D eigenvalue weighted by atomic mass is 10.6. The minimum Gasteiger partial charge on any atom is -0.382 e. The van der Waals surface area contributed by atoms with E-state index in [1.807, 2.05) is 0 Å². The Labute approximate surface area is 73.7 Å². The molecular weight excluding hydrogens is 160 g/mol. The van der Waals surface area contributed by atoms with E-state index in [0.717, 1.165) is 0 Å². The molecule has 4 nitrogen and oxygen atoms in total. The van der Waals surface area contributed by atoms with Crippen LogP contribution in [0.2, 0.25) is 0 Å². The molecule has 4 heteroatoms. The van der Waals surface area contributed by atoms with Crippen molar-refractivity contribution in [2.24, 2.45) is 0 Å². The summed E-state index contributed by atoms with van der Waals surface area (Å²) in [5.41, 5.74) is 0. The molecule has 0 aromatic rings. The smallest absolute Gasteiger partial charge is 0.180 e. The maximum atomic E-state index is 5.25. The number of rotatable bonds is 8. The van der Waals surface area contributed by atoms with Gasteiger partial charge in [-0.1, -0.05) is 0 Å². The molecule has 0 amide bonds. The summed E-state index contributed by atoms with van der Waals surface area (Å²) in [6.07, 6.45) is -0.331. The van der Waals surface area contributed by atoms with Crippen molar-refractivity contribution < 1.29 is 18.9 Å². The maximum Gasteiger partial charge on any atom is 0.180 e. The first kappa shape index (κ1) is 11.8. The molecular formula is C8H17O4. The highest BCUT2D eigenvalue weighted by Gasteiger charge is 2.06. The first-order chi connectivity index (χ1) is 5.85. The average Bonchev–Trinajstić information content (AvgIpc) is 2.06. The molecule has 0 aromatic carbocycles. The van der Waals surface area contributed by atoms with Crippen LogP contribution in [0.3, 0.4) is 0 Å². The number of ether oxygens (including phenoxy) is 4. The van der Waals surface area contributed by atoms with Crippen LogP contribution in [0.25, 0.3) is 0 Å². The van der Waals surface area contributed by atoms with Gasteiger partial charge in [0.25, 0.3) is 0 Å². The van der Waals surface area contributed by atoms with Crippen molar-refractivity contribution in [1.29, 1.82) is 0 Å². The molecule has 0 spiro atoms. The summed E-state index contributed by atoms with van der Waals surface area (Å²) in [7, 11) is 3.22. The third kappa shape index (κ3) is 6.54. The van der Waals surface area contributed by atoms with Crippen molar-refractivity contribution >= 4 is 0 Å². The first-order valence-electron chi connectivity index (χ1n) is 3.85. The Morgan fingerprint density at radius 1 is 1.08 bits per heavy atom. The lowest BCUT2D eigenvalue weighted by Gasteiger charge is -2.16. The zero-order valence-electron chi connectivity index (χ0n) is 7.75. The normalized spacial score (nSPS) is 13.2. The quantitative estimate of drug-likeness (QED) is 0.399. The van der Waals surface area contributed by atoms with Crippen LogP contribution in [0.1, 0.15) is 0 Å². The topological polar surface area (TPSA) is 36.9 Å². The molecule has 0 saturated carbocycles. The van der Waals surface area contributed by atoms with Gasteiger partial charge in [0.15, 0.2) is 6.29 Å². The zero-order chi connectivity index (χ0) is 9.23. The summed E-state index contributed by atoms with van der Waals surface area (Å²) in [5, 5.41) is 0. The van der Waals surface area contributed by atoms with Gasteiger partial charge in [-0.05, 0) is 6.92 Å². The van der Waals surface area contributed by atoms with Crippen LogP contribution in [0.5, 0.6) is 0 Å². The van der Waals surface area contributed by atoms with E-state index in [1.165, 1.54) is 0 Å². The van der Waals surface area contributed by atoms with E-state index in [9.17, 15) is 0 Å². The molecule has 1 unspecified atom stereocenters. The third-order valence-electron chi connectivity index (χ3n) is 1.20. The molecule has 73 valence electrons. The van der Waals surface area contributed by atoms with Crippen LogP contribution < -0.4 is 0 Å². The van der Waals surface area contributed by atoms with E-state index in [-0.39, 0.29) is 6.29 Å². The first-order valence-corrected chi connectivity index (χ1v) is 3.85. The molecule has 0 fully saturated rings. The molecule has 1 atom stereocenters. The largest absolute Gasteiger partial charge is 0.382 e. The predicted molar refractivity (Wildman–Crippen MR) is 44.8 cm³/mol. The minimum atomic E-state index is -0.331. The molecule has 0 aliphatic heterocycles. The van der Waals surface area contributed by atoms with Crippen LogP contribution >= 0.6 is 0 Å². The molecule has 0 aliphatic rings. The highest BCUT2D eigenvalue weighted by Crippen LogP contribution is 1.95. The van der Waals surface area contributed by atoms with E-state index in [4.69, 9.17) is 18.9 Å². The van der Waals surface area contributed by atoms with Crippen molar-refractivity contribution in [2.75, 3.05) is 40.6 Å². The van der Waals surface area contributed by atoms with E-state index in [0.29, 0.717) is 26.4 Å². The predicted octanol–water partition coefficient (Wildman–Crippen LogP) is 0.473. The van der Waals surface area contributed by atoms with Gasteiger partial charge in [-0.15, -0.1) is 0 Å². The molecule has 12 heavy (non-hydrogen) atoms. The molecule has 0 heterocycles. The highest BCUT2D eigenvalue weighted by atomic mass is 16.7. The van der Waals surface area contributed by atoms with Gasteiger partial charge in [-0.2, -0.15) is 0 Å². The fourth-order valence-electron chi connectivity index (χ4n) is 0.675. The molecule has 0 bridgehead atoms. The second kappa shape index (κ2) is 8.93. The standard InChI is InChI=1S/C8H17O4/c1-4-11-8(7-10-3)12-6-5-9-2/h8H,1,4-7H2,2-3H3. The Kier molecular flexibility index (Phi) is 8.81. The second-order valence-electron chi connectivity index (χ2n) is 2.12. The number of hydrogen-bond acceptors (Lipinski definition) is 4. The Morgan fingerprint density at radius 3 is 2.33 bits per heavy atom. The van der Waals surface area contributed by atoms with E-state index < -0.39 is 0 Å². The summed E-state index contributed by atoms with van der Waals surface area (Å²) in [5.74, 6) is 0. The molecule has 0 rings (SSSR count). The minimum absolute atomic E-state index is 0.331. The summed E-state index contributed by atoms with van der Waals surface area (Å²) in [6, 6.07) is 0. The van der Waals surface area contributed by atoms with Gasteiger partial charge in [0.1, 0.15) is 0 Å². The Bertz CT molecular complexity index is 81.1. The van der Waals surface area contributed by atoms with Crippen molar-refractivity contribution in [1.82, 2.24) is 0 Å². The third-order valence-corrected chi connectivity index (χ3v) is 1.20. The van der Waals surface area contributed by atoms with Crippen molar-refractivity contribution in [3.05, 3.63) is 6.92 Å². The lowest BCUT2D eigenvalue weighted by Crippen LogP contribution is -2.24. The molecule has 0 saturated heterocycles. The average molecular weight is 177 g/mol. The van der Waals surface area contributed by atoms with Gasteiger partial charge < -0.3 is 18.9 Å². The Hall–Kier alpha value is -0.160. The van der Waals surface area contributed by atoms with Crippen LogP contribution in [-0.4, -0.2) is 46.9 Å². The lowest BCUT2D eigenvalue weighted by molar-refractivity contribution is -0.167. The Balaban J connectivity index is 3.34. The van der Waals surface area contributed by atoms with E-state index in [2.05, 4.69) is 6.92 Å². The fraction of sp³-hybridized carbons (Fsp3) is 0.875. The summed E-state index contributed by atoms with van der Waals surface area (Å²) >= 11 is 0. The zero-order valence-corrected chi connectivity index (χ0v) is 7.75. The van der Waals surface area contributed by atoms with Gasteiger partial charge in [0.05, 0.1) is 19.8 Å². The van der Waals surface area contributed by atoms with Crippen LogP contribution in [0.15, 0.2) is 0 Å². The van der Waals surface area contributed by atoms with Gasteiger partial charge in [-0.25, -0.2) is 0 Å². The van der Waals surface area contributed by atoms with Crippen LogP contribution in [-0.2, 0) is 18.9 Å². The van der Waals surface area contributed by atoms with Gasteiger partial charge in [0.2, 0.25) is 0 Å². The molecule has 0 N–H and O–H groups in total. The number of hydrogen-bond donors (Lipinski definition) is 0. The fourth-order valence-corrected chi connectivity index (χ4v) is 0.675. The molecule has 0 aromatic heterocycles. The van der Waals surface area contributed by atoms with Gasteiger partial charge in [0, 0.05) is 20.8 Å². The summed E-state index contributed by atoms with van der Waals surface area (Å²) < 4.78 is 20.0. The molecule has 1 radical (unpaired) electrons. The summed E-state index contributed by atoms with van der Waals surface area (Å²) in [4.78, 5) is 0. The SMILES string of the molecule is [CH2]COC(COC)OCCOC. The Morgan fingerprint density at radius 2 is 1.83 bits per heavy atom. The second-order valence-corrected chi connectivity index (χ2v) is 2.12.